The SMILES string of the molecule is CC(=O)N[C@@H](CC(=O)OCc1ccc(C#N)cc1)c1ccccc1. The topological polar surface area (TPSA) is 79.2 Å². The molecule has 0 saturated carbocycles. The van der Waals surface area contributed by atoms with Gasteiger partial charge >= 0.3 is 5.97 Å². The van der Waals surface area contributed by atoms with Gasteiger partial charge in [-0.15, -0.1) is 0 Å². The number of hydrogen-bond donors (Lipinski definition) is 1. The summed E-state index contributed by atoms with van der Waals surface area (Å²) < 4.78 is 5.26. The van der Waals surface area contributed by atoms with Gasteiger partial charge in [0.15, 0.2) is 0 Å². The summed E-state index contributed by atoms with van der Waals surface area (Å²) in [5.74, 6) is -0.606. The third kappa shape index (κ3) is 5.25. The van der Waals surface area contributed by atoms with Gasteiger partial charge < -0.3 is 10.1 Å². The standard InChI is InChI=1S/C19H18N2O3/c1-14(22)21-18(17-5-3-2-4-6-17)11-19(23)24-13-16-9-7-15(12-20)8-10-16/h2-10,18H,11,13H2,1H3,(H,21,22)/t18-/m0/s1. The molecule has 0 unspecified atom stereocenters. The predicted octanol–water partition coefficient (Wildman–Crippen LogP) is 2.87. The second-order valence-electron chi connectivity index (χ2n) is 5.34. The summed E-state index contributed by atoms with van der Waals surface area (Å²) in [6, 6.07) is 17.7. The Labute approximate surface area is 140 Å². The minimum Gasteiger partial charge on any atom is -0.461 e. The molecule has 122 valence electrons. The smallest absolute Gasteiger partial charge is 0.308 e. The lowest BCUT2D eigenvalue weighted by Gasteiger charge is -2.17. The van der Waals surface area contributed by atoms with E-state index in [1.165, 1.54) is 6.92 Å². The van der Waals surface area contributed by atoms with Crippen molar-refractivity contribution in [2.75, 3.05) is 0 Å². The van der Waals surface area contributed by atoms with E-state index in [-0.39, 0.29) is 18.9 Å². The van der Waals surface area contributed by atoms with Crippen molar-refractivity contribution >= 4 is 11.9 Å². The van der Waals surface area contributed by atoms with Gasteiger partial charge in [0.05, 0.1) is 24.1 Å². The number of nitrogens with one attached hydrogen (secondary N) is 1. The highest BCUT2D eigenvalue weighted by molar-refractivity contribution is 5.76. The lowest BCUT2D eigenvalue weighted by atomic mass is 10.0. The first kappa shape index (κ1) is 17.2. The Morgan fingerprint density at radius 2 is 1.79 bits per heavy atom. The number of benzene rings is 2. The summed E-state index contributed by atoms with van der Waals surface area (Å²) in [7, 11) is 0. The summed E-state index contributed by atoms with van der Waals surface area (Å²) >= 11 is 0. The fraction of sp³-hybridized carbons (Fsp3) is 0.211. The van der Waals surface area contributed by atoms with Crippen LogP contribution < -0.4 is 5.32 Å². The quantitative estimate of drug-likeness (QED) is 0.829. The number of carbonyl (C=O) groups is 2. The number of nitrogens with zero attached hydrogens (tertiary/aromatic N) is 1. The van der Waals surface area contributed by atoms with Crippen LogP contribution in [0.5, 0.6) is 0 Å². The largest absolute Gasteiger partial charge is 0.461 e. The molecule has 0 spiro atoms. The van der Waals surface area contributed by atoms with Crippen LogP contribution in [0.25, 0.3) is 0 Å². The molecular formula is C19H18N2O3. The van der Waals surface area contributed by atoms with Crippen molar-refractivity contribution in [3.63, 3.8) is 0 Å². The van der Waals surface area contributed by atoms with E-state index < -0.39 is 12.0 Å². The Kier molecular flexibility index (Phi) is 6.09. The van der Waals surface area contributed by atoms with E-state index in [9.17, 15) is 9.59 Å². The molecular weight excluding hydrogens is 304 g/mol. The Bertz CT molecular complexity index is 733. The van der Waals surface area contributed by atoms with Gasteiger partial charge in [-0.25, -0.2) is 0 Å². The maximum atomic E-state index is 12.1. The van der Waals surface area contributed by atoms with Crippen LogP contribution in [0.4, 0.5) is 0 Å². The maximum Gasteiger partial charge on any atom is 0.308 e. The predicted molar refractivity (Wildman–Crippen MR) is 88.6 cm³/mol. The summed E-state index contributed by atoms with van der Waals surface area (Å²) in [5, 5.41) is 11.5. The van der Waals surface area contributed by atoms with E-state index in [1.54, 1.807) is 24.3 Å². The molecule has 0 radical (unpaired) electrons. The van der Waals surface area contributed by atoms with Crippen molar-refractivity contribution in [2.45, 2.75) is 26.0 Å². The zero-order chi connectivity index (χ0) is 17.4. The van der Waals surface area contributed by atoms with Crippen LogP contribution >= 0.6 is 0 Å². The minimum atomic E-state index is -0.419. The van der Waals surface area contributed by atoms with Gasteiger partial charge in [0, 0.05) is 6.92 Å². The van der Waals surface area contributed by atoms with Crippen molar-refractivity contribution in [3.05, 3.63) is 71.3 Å². The summed E-state index contributed by atoms with van der Waals surface area (Å²) in [5.41, 5.74) is 2.21. The third-order valence-electron chi connectivity index (χ3n) is 3.43. The average molecular weight is 322 g/mol. The maximum absolute atomic E-state index is 12.1. The Balaban J connectivity index is 1.94. The van der Waals surface area contributed by atoms with Crippen LogP contribution in [-0.2, 0) is 20.9 Å². The van der Waals surface area contributed by atoms with Crippen LogP contribution in [0.2, 0.25) is 0 Å². The van der Waals surface area contributed by atoms with Gasteiger partial charge in [-0.05, 0) is 23.3 Å². The van der Waals surface area contributed by atoms with Crippen molar-refractivity contribution in [3.8, 4) is 6.07 Å². The minimum absolute atomic E-state index is 0.0554. The van der Waals surface area contributed by atoms with Gasteiger partial charge in [0.2, 0.25) is 5.91 Å². The molecule has 0 heterocycles. The van der Waals surface area contributed by atoms with E-state index in [0.29, 0.717) is 5.56 Å². The lowest BCUT2D eigenvalue weighted by Crippen LogP contribution is -2.28. The number of carbonyl (C=O) groups excluding carboxylic acids is 2. The number of nitriles is 1. The van der Waals surface area contributed by atoms with Gasteiger partial charge in [-0.2, -0.15) is 5.26 Å². The normalized spacial score (nSPS) is 11.2. The van der Waals surface area contributed by atoms with Crippen LogP contribution in [0.1, 0.15) is 36.1 Å². The van der Waals surface area contributed by atoms with Crippen LogP contribution in [0, 0.1) is 11.3 Å². The van der Waals surface area contributed by atoms with E-state index >= 15 is 0 Å². The second-order valence-corrected chi connectivity index (χ2v) is 5.34. The van der Waals surface area contributed by atoms with Gasteiger partial charge in [-0.1, -0.05) is 42.5 Å². The van der Waals surface area contributed by atoms with E-state index in [4.69, 9.17) is 10.00 Å². The first-order valence-electron chi connectivity index (χ1n) is 7.55. The molecule has 1 N–H and O–H groups in total. The van der Waals surface area contributed by atoms with E-state index in [2.05, 4.69) is 5.32 Å². The number of esters is 1. The highest BCUT2D eigenvalue weighted by atomic mass is 16.5. The number of hydrogen-bond acceptors (Lipinski definition) is 4. The lowest BCUT2D eigenvalue weighted by molar-refractivity contribution is -0.145. The van der Waals surface area contributed by atoms with Gasteiger partial charge in [0.25, 0.3) is 0 Å². The summed E-state index contributed by atoms with van der Waals surface area (Å²) in [6.45, 7) is 1.55. The molecule has 5 heteroatoms. The molecule has 0 bridgehead atoms. The number of ether oxygens (including phenoxy) is 1. The van der Waals surface area contributed by atoms with E-state index in [0.717, 1.165) is 11.1 Å². The molecule has 0 aliphatic carbocycles. The molecule has 0 saturated heterocycles. The molecule has 0 aliphatic heterocycles. The highest BCUT2D eigenvalue weighted by Crippen LogP contribution is 2.17. The van der Waals surface area contributed by atoms with Crippen molar-refractivity contribution in [1.82, 2.24) is 5.32 Å². The molecule has 24 heavy (non-hydrogen) atoms. The molecule has 1 atom stereocenters. The van der Waals surface area contributed by atoms with Gasteiger partial charge in [0.1, 0.15) is 6.61 Å². The monoisotopic (exact) mass is 322 g/mol. The Morgan fingerprint density at radius 1 is 1.12 bits per heavy atom. The van der Waals surface area contributed by atoms with Crippen LogP contribution in [-0.4, -0.2) is 11.9 Å². The van der Waals surface area contributed by atoms with Crippen LogP contribution in [0.15, 0.2) is 54.6 Å². The fourth-order valence-electron chi connectivity index (χ4n) is 2.25. The second kappa shape index (κ2) is 8.49. The third-order valence-corrected chi connectivity index (χ3v) is 3.43. The highest BCUT2D eigenvalue weighted by Gasteiger charge is 2.17. The zero-order valence-electron chi connectivity index (χ0n) is 13.4. The Morgan fingerprint density at radius 3 is 2.38 bits per heavy atom. The molecule has 0 fully saturated rings. The first-order valence-corrected chi connectivity index (χ1v) is 7.55. The zero-order valence-corrected chi connectivity index (χ0v) is 13.4. The molecule has 0 aliphatic rings. The Hall–Kier alpha value is -3.13. The summed E-state index contributed by atoms with van der Waals surface area (Å²) in [6.07, 6.45) is 0.0554. The van der Waals surface area contributed by atoms with Crippen molar-refractivity contribution in [1.29, 1.82) is 5.26 Å². The fourth-order valence-corrected chi connectivity index (χ4v) is 2.25. The summed E-state index contributed by atoms with van der Waals surface area (Å²) in [4.78, 5) is 23.4. The van der Waals surface area contributed by atoms with Crippen molar-refractivity contribution in [2.24, 2.45) is 0 Å². The molecule has 2 rings (SSSR count). The van der Waals surface area contributed by atoms with Gasteiger partial charge in [-0.3, -0.25) is 9.59 Å². The molecule has 5 nitrogen and oxygen atoms in total. The number of amides is 1. The number of rotatable bonds is 6. The first-order chi connectivity index (χ1) is 11.6. The van der Waals surface area contributed by atoms with E-state index in [1.807, 2.05) is 36.4 Å². The molecule has 0 aromatic heterocycles. The molecule has 2 aromatic carbocycles. The average Bonchev–Trinajstić information content (AvgIpc) is 2.60. The van der Waals surface area contributed by atoms with Crippen LogP contribution in [0.3, 0.4) is 0 Å². The molecule has 2 aromatic rings. The molecule has 1 amide bonds. The van der Waals surface area contributed by atoms with Crippen molar-refractivity contribution < 1.29 is 14.3 Å².